The molecule has 1 unspecified atom stereocenters. The number of rotatable bonds is 9. The van der Waals surface area contributed by atoms with Gasteiger partial charge in [-0.3, -0.25) is 4.79 Å². The Bertz CT molecular complexity index is 261. The maximum Gasteiger partial charge on any atom is 0.325 e. The van der Waals surface area contributed by atoms with Crippen molar-refractivity contribution < 1.29 is 14.3 Å². The van der Waals surface area contributed by atoms with Crippen molar-refractivity contribution in [2.24, 2.45) is 5.41 Å². The van der Waals surface area contributed by atoms with Gasteiger partial charge in [-0.2, -0.15) is 0 Å². The molecule has 4 heteroatoms. The second-order valence-electron chi connectivity index (χ2n) is 6.45. The van der Waals surface area contributed by atoms with Crippen LogP contribution in [0.4, 0.5) is 0 Å². The van der Waals surface area contributed by atoms with Gasteiger partial charge in [0, 0.05) is 13.2 Å². The van der Waals surface area contributed by atoms with Crippen molar-refractivity contribution in [3.63, 3.8) is 0 Å². The first kappa shape index (κ1) is 18.4. The molecule has 0 heterocycles. The third-order valence-electron chi connectivity index (χ3n) is 3.40. The highest BCUT2D eigenvalue weighted by atomic mass is 16.5. The van der Waals surface area contributed by atoms with Crippen LogP contribution in [-0.2, 0) is 14.3 Å². The Labute approximate surface area is 118 Å². The predicted octanol–water partition coefficient (Wildman–Crippen LogP) is 2.76. The van der Waals surface area contributed by atoms with E-state index in [9.17, 15) is 4.79 Å². The van der Waals surface area contributed by atoms with Gasteiger partial charge in [-0.15, -0.1) is 0 Å². The molecule has 0 aromatic rings. The second kappa shape index (κ2) is 8.54. The van der Waals surface area contributed by atoms with Crippen LogP contribution in [0, 0.1) is 5.41 Å². The monoisotopic (exact) mass is 273 g/mol. The topological polar surface area (TPSA) is 47.6 Å². The lowest BCUT2D eigenvalue weighted by atomic mass is 9.93. The first-order valence-electron chi connectivity index (χ1n) is 7.10. The molecule has 0 rings (SSSR count). The fourth-order valence-corrected chi connectivity index (χ4v) is 1.72. The SMILES string of the molecule is CNC(C)(CCCCOCCC(C)(C)C)C(=O)OC. The molecule has 0 aliphatic rings. The van der Waals surface area contributed by atoms with Crippen LogP contribution in [0.15, 0.2) is 0 Å². The molecule has 0 aromatic carbocycles. The second-order valence-corrected chi connectivity index (χ2v) is 6.45. The van der Waals surface area contributed by atoms with E-state index in [1.807, 2.05) is 6.92 Å². The minimum absolute atomic E-state index is 0.205. The number of methoxy groups -OCH3 is 1. The number of likely N-dealkylation sites (N-methyl/N-ethyl adjacent to an activating group) is 1. The van der Waals surface area contributed by atoms with Crippen molar-refractivity contribution in [2.75, 3.05) is 27.4 Å². The van der Waals surface area contributed by atoms with Crippen LogP contribution in [0.1, 0.15) is 53.4 Å². The molecule has 0 radical (unpaired) electrons. The van der Waals surface area contributed by atoms with Gasteiger partial charge in [-0.1, -0.05) is 20.8 Å². The third-order valence-corrected chi connectivity index (χ3v) is 3.40. The zero-order valence-electron chi connectivity index (χ0n) is 13.5. The molecule has 19 heavy (non-hydrogen) atoms. The van der Waals surface area contributed by atoms with E-state index in [4.69, 9.17) is 9.47 Å². The van der Waals surface area contributed by atoms with Crippen molar-refractivity contribution in [2.45, 2.75) is 58.9 Å². The minimum Gasteiger partial charge on any atom is -0.468 e. The molecule has 0 amide bonds. The lowest BCUT2D eigenvalue weighted by Crippen LogP contribution is -2.48. The standard InChI is InChI=1S/C15H31NO3/c1-14(2,3)10-12-19-11-8-7-9-15(4,16-5)13(17)18-6/h16H,7-12H2,1-6H3. The Balaban J connectivity index is 3.71. The predicted molar refractivity (Wildman–Crippen MR) is 78.2 cm³/mol. The maximum absolute atomic E-state index is 11.6. The summed E-state index contributed by atoms with van der Waals surface area (Å²) < 4.78 is 10.4. The molecule has 0 aliphatic heterocycles. The van der Waals surface area contributed by atoms with Crippen molar-refractivity contribution in [1.29, 1.82) is 0 Å². The van der Waals surface area contributed by atoms with Crippen LogP contribution in [0.25, 0.3) is 0 Å². The zero-order chi connectivity index (χ0) is 14.9. The molecule has 1 atom stereocenters. The lowest BCUT2D eigenvalue weighted by Gasteiger charge is -2.26. The first-order valence-corrected chi connectivity index (χ1v) is 7.10. The van der Waals surface area contributed by atoms with E-state index in [1.165, 1.54) is 7.11 Å². The van der Waals surface area contributed by atoms with Gasteiger partial charge in [-0.05, 0) is 45.1 Å². The molecule has 0 bridgehead atoms. The Kier molecular flexibility index (Phi) is 8.26. The van der Waals surface area contributed by atoms with E-state index in [-0.39, 0.29) is 5.97 Å². The maximum atomic E-state index is 11.6. The van der Waals surface area contributed by atoms with Gasteiger partial charge in [-0.25, -0.2) is 0 Å². The molecular formula is C15H31NO3. The summed E-state index contributed by atoms with van der Waals surface area (Å²) in [5.41, 5.74) is -0.254. The van der Waals surface area contributed by atoms with Crippen LogP contribution in [0.2, 0.25) is 0 Å². The van der Waals surface area contributed by atoms with E-state index in [1.54, 1.807) is 7.05 Å². The lowest BCUT2D eigenvalue weighted by molar-refractivity contribution is -0.148. The summed E-state index contributed by atoms with van der Waals surface area (Å²) in [6.45, 7) is 10.1. The summed E-state index contributed by atoms with van der Waals surface area (Å²) in [4.78, 5) is 11.6. The van der Waals surface area contributed by atoms with E-state index in [2.05, 4.69) is 26.1 Å². The molecule has 1 N–H and O–H groups in total. The molecule has 4 nitrogen and oxygen atoms in total. The van der Waals surface area contributed by atoms with Crippen LogP contribution in [0.5, 0.6) is 0 Å². The summed E-state index contributed by atoms with van der Waals surface area (Å²) in [6.07, 6.45) is 3.75. The van der Waals surface area contributed by atoms with Crippen molar-refractivity contribution in [1.82, 2.24) is 5.32 Å². The van der Waals surface area contributed by atoms with E-state index in [0.29, 0.717) is 5.41 Å². The minimum atomic E-state index is -0.583. The summed E-state index contributed by atoms with van der Waals surface area (Å²) in [5.74, 6) is -0.205. The van der Waals surface area contributed by atoms with Gasteiger partial charge in [0.1, 0.15) is 5.54 Å². The summed E-state index contributed by atoms with van der Waals surface area (Å²) in [6, 6.07) is 0. The smallest absolute Gasteiger partial charge is 0.325 e. The Hall–Kier alpha value is -0.610. The number of hydrogen-bond donors (Lipinski definition) is 1. The van der Waals surface area contributed by atoms with Crippen LogP contribution < -0.4 is 5.32 Å². The van der Waals surface area contributed by atoms with Crippen LogP contribution in [0.3, 0.4) is 0 Å². The fourth-order valence-electron chi connectivity index (χ4n) is 1.72. The summed E-state index contributed by atoms with van der Waals surface area (Å²) in [5, 5.41) is 3.04. The van der Waals surface area contributed by atoms with Gasteiger partial charge in [0.15, 0.2) is 0 Å². The zero-order valence-corrected chi connectivity index (χ0v) is 13.5. The number of hydrogen-bond acceptors (Lipinski definition) is 4. The van der Waals surface area contributed by atoms with E-state index in [0.717, 1.165) is 38.9 Å². The largest absolute Gasteiger partial charge is 0.468 e. The Morgan fingerprint density at radius 3 is 2.16 bits per heavy atom. The van der Waals surface area contributed by atoms with Crippen LogP contribution >= 0.6 is 0 Å². The number of nitrogens with one attached hydrogen (secondary N) is 1. The Morgan fingerprint density at radius 1 is 1.05 bits per heavy atom. The quantitative estimate of drug-likeness (QED) is 0.518. The number of unbranched alkanes of at least 4 members (excludes halogenated alkanes) is 1. The van der Waals surface area contributed by atoms with Crippen molar-refractivity contribution in [3.8, 4) is 0 Å². The fraction of sp³-hybridized carbons (Fsp3) is 0.933. The highest BCUT2D eigenvalue weighted by Crippen LogP contribution is 2.18. The molecule has 0 aliphatic carbocycles. The first-order chi connectivity index (χ1) is 8.75. The van der Waals surface area contributed by atoms with Gasteiger partial charge in [0.05, 0.1) is 7.11 Å². The number of carbonyl (C=O) groups is 1. The molecule has 0 saturated carbocycles. The van der Waals surface area contributed by atoms with Gasteiger partial charge in [0.25, 0.3) is 0 Å². The summed E-state index contributed by atoms with van der Waals surface area (Å²) in [7, 11) is 3.21. The van der Waals surface area contributed by atoms with Crippen LogP contribution in [-0.4, -0.2) is 38.9 Å². The molecular weight excluding hydrogens is 242 g/mol. The van der Waals surface area contributed by atoms with Gasteiger partial charge < -0.3 is 14.8 Å². The third kappa shape index (κ3) is 8.22. The average molecular weight is 273 g/mol. The molecule has 114 valence electrons. The normalized spacial score (nSPS) is 15.1. The van der Waals surface area contributed by atoms with Crippen molar-refractivity contribution in [3.05, 3.63) is 0 Å². The highest BCUT2D eigenvalue weighted by molar-refractivity contribution is 5.80. The number of ether oxygens (including phenoxy) is 2. The van der Waals surface area contributed by atoms with E-state index >= 15 is 0 Å². The molecule has 0 aromatic heterocycles. The molecule has 0 spiro atoms. The molecule has 0 saturated heterocycles. The molecule has 0 fully saturated rings. The highest BCUT2D eigenvalue weighted by Gasteiger charge is 2.31. The van der Waals surface area contributed by atoms with Gasteiger partial charge in [0.2, 0.25) is 0 Å². The number of esters is 1. The number of carbonyl (C=O) groups excluding carboxylic acids is 1. The van der Waals surface area contributed by atoms with Gasteiger partial charge >= 0.3 is 5.97 Å². The average Bonchev–Trinajstić information content (AvgIpc) is 2.34. The van der Waals surface area contributed by atoms with Crippen molar-refractivity contribution >= 4 is 5.97 Å². The Morgan fingerprint density at radius 2 is 1.68 bits per heavy atom. The summed E-state index contributed by atoms with van der Waals surface area (Å²) >= 11 is 0. The van der Waals surface area contributed by atoms with E-state index < -0.39 is 5.54 Å².